The predicted molar refractivity (Wildman–Crippen MR) is 121 cm³/mol. The van der Waals surface area contributed by atoms with Crippen LogP contribution in [-0.2, 0) is 9.59 Å². The summed E-state index contributed by atoms with van der Waals surface area (Å²) in [5.41, 5.74) is 2.25. The number of unbranched alkanes of at least 4 members (excludes halogenated alkanes) is 1. The first-order chi connectivity index (χ1) is 13.7. The van der Waals surface area contributed by atoms with Gasteiger partial charge in [0.05, 0.1) is 0 Å². The number of rotatable bonds is 8. The molecule has 1 heterocycles. The van der Waals surface area contributed by atoms with Crippen LogP contribution >= 0.6 is 0 Å². The van der Waals surface area contributed by atoms with Gasteiger partial charge in [-0.1, -0.05) is 41.0 Å². The topological polar surface area (TPSA) is 52.7 Å². The molecule has 5 heteroatoms. The number of anilines is 2. The van der Waals surface area contributed by atoms with Gasteiger partial charge in [0, 0.05) is 50.4 Å². The van der Waals surface area contributed by atoms with E-state index in [1.54, 1.807) is 0 Å². The van der Waals surface area contributed by atoms with Gasteiger partial charge in [0.1, 0.15) is 0 Å². The van der Waals surface area contributed by atoms with Gasteiger partial charge >= 0.3 is 0 Å². The molecule has 0 aromatic heterocycles. The maximum Gasteiger partial charge on any atom is 0.224 e. The largest absolute Gasteiger partial charge is 0.368 e. The van der Waals surface area contributed by atoms with Gasteiger partial charge in [0.25, 0.3) is 0 Å². The Morgan fingerprint density at radius 3 is 2.24 bits per heavy atom. The molecule has 1 unspecified atom stereocenters. The number of nitrogens with zero attached hydrogens (tertiary/aromatic N) is 2. The van der Waals surface area contributed by atoms with Crippen molar-refractivity contribution in [1.82, 2.24) is 4.90 Å². The van der Waals surface area contributed by atoms with E-state index in [1.807, 2.05) is 17.0 Å². The van der Waals surface area contributed by atoms with Crippen LogP contribution in [0.2, 0.25) is 0 Å². The van der Waals surface area contributed by atoms with E-state index in [9.17, 15) is 9.59 Å². The van der Waals surface area contributed by atoms with Crippen LogP contribution in [0.1, 0.15) is 66.7 Å². The third-order valence-corrected chi connectivity index (χ3v) is 5.39. The Morgan fingerprint density at radius 1 is 1.07 bits per heavy atom. The molecule has 1 aromatic rings. The molecule has 1 atom stereocenters. The van der Waals surface area contributed by atoms with Crippen molar-refractivity contribution in [2.24, 2.45) is 11.3 Å². The standard InChI is InChI=1S/C24H39N3O2/c1-6-7-8-22(28)25-20-9-11-21(12-10-20)26-13-15-27(16-14-26)23(29)17-19(2)18-24(3,4)5/h9-12,19H,6-8,13-18H2,1-5H3,(H,25,28). The Balaban J connectivity index is 1.80. The van der Waals surface area contributed by atoms with Crippen LogP contribution in [0.3, 0.4) is 0 Å². The van der Waals surface area contributed by atoms with Gasteiger partial charge in [-0.15, -0.1) is 0 Å². The molecule has 1 aliphatic rings. The Morgan fingerprint density at radius 2 is 1.69 bits per heavy atom. The average molecular weight is 402 g/mol. The monoisotopic (exact) mass is 401 g/mol. The molecule has 29 heavy (non-hydrogen) atoms. The molecule has 0 radical (unpaired) electrons. The van der Waals surface area contributed by atoms with Gasteiger partial charge in [-0.25, -0.2) is 0 Å². The predicted octanol–water partition coefficient (Wildman–Crippen LogP) is 4.93. The lowest BCUT2D eigenvalue weighted by atomic mass is 9.84. The summed E-state index contributed by atoms with van der Waals surface area (Å²) in [6.07, 6.45) is 4.23. The molecule has 0 saturated carbocycles. The van der Waals surface area contributed by atoms with Crippen LogP contribution in [-0.4, -0.2) is 42.9 Å². The normalized spacial score (nSPS) is 15.9. The number of hydrogen-bond donors (Lipinski definition) is 1. The van der Waals surface area contributed by atoms with Crippen LogP contribution in [0.15, 0.2) is 24.3 Å². The van der Waals surface area contributed by atoms with E-state index in [-0.39, 0.29) is 17.2 Å². The molecule has 0 bridgehead atoms. The summed E-state index contributed by atoms with van der Waals surface area (Å²) in [5.74, 6) is 0.777. The van der Waals surface area contributed by atoms with Crippen molar-refractivity contribution in [3.05, 3.63) is 24.3 Å². The molecular formula is C24H39N3O2. The van der Waals surface area contributed by atoms with Crippen molar-refractivity contribution >= 4 is 23.2 Å². The molecule has 0 spiro atoms. The van der Waals surface area contributed by atoms with Crippen LogP contribution in [0.5, 0.6) is 0 Å². The Bertz CT molecular complexity index is 656. The Labute approximate surface area is 176 Å². The SMILES string of the molecule is CCCCC(=O)Nc1ccc(N2CCN(C(=O)CC(C)CC(C)(C)C)CC2)cc1. The van der Waals surface area contributed by atoms with Crippen molar-refractivity contribution in [2.75, 3.05) is 36.4 Å². The highest BCUT2D eigenvalue weighted by Crippen LogP contribution is 2.27. The zero-order valence-electron chi connectivity index (χ0n) is 19.0. The van der Waals surface area contributed by atoms with Crippen molar-refractivity contribution in [3.63, 3.8) is 0 Å². The lowest BCUT2D eigenvalue weighted by Crippen LogP contribution is -2.49. The lowest BCUT2D eigenvalue weighted by Gasteiger charge is -2.37. The first-order valence-corrected chi connectivity index (χ1v) is 11.1. The van der Waals surface area contributed by atoms with Crippen LogP contribution in [0, 0.1) is 11.3 Å². The molecule has 2 amide bonds. The molecule has 1 fully saturated rings. The van der Waals surface area contributed by atoms with Crippen molar-refractivity contribution in [3.8, 4) is 0 Å². The summed E-state index contributed by atoms with van der Waals surface area (Å²) in [6, 6.07) is 8.03. The first-order valence-electron chi connectivity index (χ1n) is 11.1. The Hall–Kier alpha value is -2.04. The number of nitrogens with one attached hydrogen (secondary N) is 1. The van der Waals surface area contributed by atoms with Crippen molar-refractivity contribution < 1.29 is 9.59 Å². The molecule has 162 valence electrons. The number of hydrogen-bond acceptors (Lipinski definition) is 3. The number of benzene rings is 1. The number of amides is 2. The van der Waals surface area contributed by atoms with E-state index < -0.39 is 0 Å². The smallest absolute Gasteiger partial charge is 0.224 e. The van der Waals surface area contributed by atoms with Gasteiger partial charge in [-0.3, -0.25) is 9.59 Å². The quantitative estimate of drug-likeness (QED) is 0.672. The third-order valence-electron chi connectivity index (χ3n) is 5.39. The fourth-order valence-corrected chi connectivity index (χ4v) is 4.08. The lowest BCUT2D eigenvalue weighted by molar-refractivity contribution is -0.132. The van der Waals surface area contributed by atoms with Gasteiger partial charge in [-0.2, -0.15) is 0 Å². The summed E-state index contributed by atoms with van der Waals surface area (Å²) in [6.45, 7) is 14.2. The van der Waals surface area contributed by atoms with E-state index in [0.717, 1.165) is 56.8 Å². The fourth-order valence-electron chi connectivity index (χ4n) is 4.08. The summed E-state index contributed by atoms with van der Waals surface area (Å²) in [5, 5.41) is 2.95. The molecule has 0 aliphatic carbocycles. The van der Waals surface area contributed by atoms with Crippen molar-refractivity contribution in [2.45, 2.75) is 66.7 Å². The minimum Gasteiger partial charge on any atom is -0.368 e. The zero-order chi connectivity index (χ0) is 21.4. The van der Waals surface area contributed by atoms with Gasteiger partial charge in [0.15, 0.2) is 0 Å². The van der Waals surface area contributed by atoms with E-state index in [2.05, 4.69) is 57.0 Å². The van der Waals surface area contributed by atoms with Gasteiger partial charge in [0.2, 0.25) is 11.8 Å². The fraction of sp³-hybridized carbons (Fsp3) is 0.667. The summed E-state index contributed by atoms with van der Waals surface area (Å²) >= 11 is 0. The minimum absolute atomic E-state index is 0.0763. The molecule has 5 nitrogen and oxygen atoms in total. The highest BCUT2D eigenvalue weighted by Gasteiger charge is 2.24. The van der Waals surface area contributed by atoms with Crippen molar-refractivity contribution in [1.29, 1.82) is 0 Å². The highest BCUT2D eigenvalue weighted by molar-refractivity contribution is 5.90. The molecular weight excluding hydrogens is 362 g/mol. The second kappa shape index (κ2) is 10.7. The molecule has 1 N–H and O–H groups in total. The second-order valence-corrected chi connectivity index (χ2v) is 9.64. The molecule has 1 aromatic carbocycles. The van der Waals surface area contributed by atoms with E-state index >= 15 is 0 Å². The first kappa shape index (κ1) is 23.2. The van der Waals surface area contributed by atoms with Crippen LogP contribution < -0.4 is 10.2 Å². The summed E-state index contributed by atoms with van der Waals surface area (Å²) < 4.78 is 0. The van der Waals surface area contributed by atoms with Gasteiger partial charge < -0.3 is 15.1 Å². The van der Waals surface area contributed by atoms with Gasteiger partial charge in [-0.05, 0) is 48.4 Å². The maximum atomic E-state index is 12.6. The van der Waals surface area contributed by atoms with Crippen LogP contribution in [0.4, 0.5) is 11.4 Å². The number of carbonyl (C=O) groups excluding carboxylic acids is 2. The maximum absolute atomic E-state index is 12.6. The highest BCUT2D eigenvalue weighted by atomic mass is 16.2. The summed E-state index contributed by atoms with van der Waals surface area (Å²) in [4.78, 5) is 28.8. The van der Waals surface area contributed by atoms with Crippen LogP contribution in [0.25, 0.3) is 0 Å². The second-order valence-electron chi connectivity index (χ2n) is 9.64. The van der Waals surface area contributed by atoms with E-state index in [4.69, 9.17) is 0 Å². The minimum atomic E-state index is 0.0763. The molecule has 2 rings (SSSR count). The number of piperazine rings is 1. The summed E-state index contributed by atoms with van der Waals surface area (Å²) in [7, 11) is 0. The average Bonchev–Trinajstić information content (AvgIpc) is 2.65. The van der Waals surface area contributed by atoms with E-state index in [0.29, 0.717) is 18.8 Å². The van der Waals surface area contributed by atoms with E-state index in [1.165, 1.54) is 0 Å². The third kappa shape index (κ3) is 8.08. The zero-order valence-corrected chi connectivity index (χ0v) is 19.0. The number of carbonyl (C=O) groups is 2. The molecule has 1 saturated heterocycles. The Kier molecular flexibility index (Phi) is 8.54. The molecule has 1 aliphatic heterocycles.